The number of nitrogens with zero attached hydrogens (tertiary/aromatic N) is 1. The van der Waals surface area contributed by atoms with Gasteiger partial charge in [-0.2, -0.15) is 0 Å². The Bertz CT molecular complexity index is 221. The molecule has 0 atom stereocenters. The van der Waals surface area contributed by atoms with Gasteiger partial charge in [-0.1, -0.05) is 0 Å². The van der Waals surface area contributed by atoms with Crippen molar-refractivity contribution in [3.05, 3.63) is 0 Å². The van der Waals surface area contributed by atoms with Crippen molar-refractivity contribution in [2.24, 2.45) is 0 Å². The molecule has 7 heteroatoms. The van der Waals surface area contributed by atoms with Crippen LogP contribution >= 0.6 is 0 Å². The molecule has 0 aliphatic rings. The Labute approximate surface area is 94.7 Å². The fourth-order valence-electron chi connectivity index (χ4n) is 0.954. The van der Waals surface area contributed by atoms with E-state index in [-0.39, 0.29) is 0 Å². The maximum Gasteiger partial charge on any atom is 0.338 e. The van der Waals surface area contributed by atoms with Crippen molar-refractivity contribution in [2.75, 3.05) is 33.8 Å². The molecule has 0 saturated heterocycles. The molecular weight excluding hydrogens is 214 g/mol. The maximum atomic E-state index is 11.0. The Kier molecular flexibility index (Phi) is 8.18. The average Bonchev–Trinajstić information content (AvgIpc) is 2.16. The molecule has 16 heavy (non-hydrogen) atoms. The first-order valence-electron chi connectivity index (χ1n) is 5.04. The van der Waals surface area contributed by atoms with E-state index in [0.29, 0.717) is 6.54 Å². The minimum absolute atomic E-state index is 0.522. The van der Waals surface area contributed by atoms with Gasteiger partial charge in [-0.25, -0.2) is 15.1 Å². The number of aliphatic carboxylic acids is 1. The highest BCUT2D eigenvalue weighted by Crippen LogP contribution is 1.88. The zero-order valence-electron chi connectivity index (χ0n) is 9.65. The van der Waals surface area contributed by atoms with Crippen LogP contribution in [0.4, 0.5) is 4.79 Å². The number of hydroxylamine groups is 1. The lowest BCUT2D eigenvalue weighted by molar-refractivity contribution is -0.144. The number of carboxylic acids is 1. The summed E-state index contributed by atoms with van der Waals surface area (Å²) in [6.07, 6.45) is 1.85. The minimum Gasteiger partial charge on any atom is -0.479 e. The fourth-order valence-corrected chi connectivity index (χ4v) is 0.954. The van der Waals surface area contributed by atoms with Crippen molar-refractivity contribution in [3.63, 3.8) is 0 Å². The first-order valence-corrected chi connectivity index (χ1v) is 5.04. The van der Waals surface area contributed by atoms with Crippen molar-refractivity contribution in [1.29, 1.82) is 0 Å². The van der Waals surface area contributed by atoms with Gasteiger partial charge in [0.05, 0.1) is 0 Å². The maximum absolute atomic E-state index is 11.0. The van der Waals surface area contributed by atoms with Crippen LogP contribution in [0.5, 0.6) is 0 Å². The lowest BCUT2D eigenvalue weighted by atomic mass is 10.3. The van der Waals surface area contributed by atoms with Gasteiger partial charge in [0, 0.05) is 6.54 Å². The normalized spacial score (nSPS) is 10.2. The molecule has 7 nitrogen and oxygen atoms in total. The van der Waals surface area contributed by atoms with Crippen LogP contribution < -0.4 is 10.8 Å². The lowest BCUT2D eigenvalue weighted by Gasteiger charge is -2.09. The third-order valence-electron chi connectivity index (χ3n) is 1.68. The highest BCUT2D eigenvalue weighted by molar-refractivity contribution is 5.73. The van der Waals surface area contributed by atoms with E-state index in [0.717, 1.165) is 19.4 Å². The SMILES string of the molecule is CN(C)CCCCNC(=O)NOCC(=O)O. The van der Waals surface area contributed by atoms with Crippen LogP contribution in [0.2, 0.25) is 0 Å². The third-order valence-corrected chi connectivity index (χ3v) is 1.68. The number of amides is 2. The van der Waals surface area contributed by atoms with E-state index in [1.807, 2.05) is 19.6 Å². The number of urea groups is 1. The van der Waals surface area contributed by atoms with E-state index in [2.05, 4.69) is 15.1 Å². The highest BCUT2D eigenvalue weighted by Gasteiger charge is 2.01. The Morgan fingerprint density at radius 2 is 2.00 bits per heavy atom. The summed E-state index contributed by atoms with van der Waals surface area (Å²) in [5, 5.41) is 10.8. The fraction of sp³-hybridized carbons (Fsp3) is 0.778. The molecule has 0 rings (SSSR count). The molecular formula is C9H19N3O4. The molecule has 0 aromatic heterocycles. The molecule has 0 unspecified atom stereocenters. The molecule has 0 bridgehead atoms. The Morgan fingerprint density at radius 3 is 2.56 bits per heavy atom. The number of hydrogen-bond acceptors (Lipinski definition) is 4. The van der Waals surface area contributed by atoms with Crippen molar-refractivity contribution in [3.8, 4) is 0 Å². The van der Waals surface area contributed by atoms with Crippen LogP contribution in [0.3, 0.4) is 0 Å². The Balaban J connectivity index is 3.27. The van der Waals surface area contributed by atoms with Crippen molar-refractivity contribution in [2.45, 2.75) is 12.8 Å². The average molecular weight is 233 g/mol. The van der Waals surface area contributed by atoms with E-state index >= 15 is 0 Å². The molecule has 0 radical (unpaired) electrons. The molecule has 0 aliphatic heterocycles. The Hall–Kier alpha value is -1.34. The topological polar surface area (TPSA) is 90.9 Å². The quantitative estimate of drug-likeness (QED) is 0.393. The van der Waals surface area contributed by atoms with Crippen LogP contribution in [-0.4, -0.2) is 55.8 Å². The predicted molar refractivity (Wildman–Crippen MR) is 57.9 cm³/mol. The van der Waals surface area contributed by atoms with Gasteiger partial charge in [-0.05, 0) is 33.5 Å². The summed E-state index contributed by atoms with van der Waals surface area (Å²) in [4.78, 5) is 27.5. The lowest BCUT2D eigenvalue weighted by Crippen LogP contribution is -2.37. The van der Waals surface area contributed by atoms with Gasteiger partial charge < -0.3 is 15.3 Å². The Morgan fingerprint density at radius 1 is 1.31 bits per heavy atom. The summed E-state index contributed by atoms with van der Waals surface area (Å²) in [5.41, 5.74) is 1.97. The second-order valence-corrected chi connectivity index (χ2v) is 3.55. The number of hydrogen-bond donors (Lipinski definition) is 3. The summed E-state index contributed by atoms with van der Waals surface area (Å²) in [6.45, 7) is 0.961. The van der Waals surface area contributed by atoms with Gasteiger partial charge in [0.2, 0.25) is 0 Å². The molecule has 0 spiro atoms. The van der Waals surface area contributed by atoms with Gasteiger partial charge in [-0.15, -0.1) is 0 Å². The second kappa shape index (κ2) is 8.93. The monoisotopic (exact) mass is 233 g/mol. The molecule has 0 aromatic rings. The number of carbonyl (C=O) groups is 2. The molecule has 0 fully saturated rings. The number of nitrogens with one attached hydrogen (secondary N) is 2. The van der Waals surface area contributed by atoms with E-state index < -0.39 is 18.6 Å². The van der Waals surface area contributed by atoms with Crippen LogP contribution in [0, 0.1) is 0 Å². The molecule has 94 valence electrons. The summed E-state index contributed by atoms with van der Waals surface area (Å²) in [7, 11) is 3.97. The summed E-state index contributed by atoms with van der Waals surface area (Å²) >= 11 is 0. The second-order valence-electron chi connectivity index (χ2n) is 3.55. The van der Waals surface area contributed by atoms with Gasteiger partial charge >= 0.3 is 12.0 Å². The zero-order valence-corrected chi connectivity index (χ0v) is 9.65. The largest absolute Gasteiger partial charge is 0.479 e. The number of unbranched alkanes of at least 4 members (excludes halogenated alkanes) is 1. The van der Waals surface area contributed by atoms with Crippen LogP contribution in [0.1, 0.15) is 12.8 Å². The number of rotatable bonds is 8. The van der Waals surface area contributed by atoms with Crippen LogP contribution in [0.25, 0.3) is 0 Å². The van der Waals surface area contributed by atoms with E-state index in [1.54, 1.807) is 0 Å². The minimum atomic E-state index is -1.13. The smallest absolute Gasteiger partial charge is 0.338 e. The van der Waals surface area contributed by atoms with E-state index in [1.165, 1.54) is 0 Å². The molecule has 0 heterocycles. The summed E-state index contributed by atoms with van der Waals surface area (Å²) in [5.74, 6) is -1.13. The number of carboxylic acid groups (broad SMARTS) is 1. The van der Waals surface area contributed by atoms with Crippen molar-refractivity contribution in [1.82, 2.24) is 15.7 Å². The van der Waals surface area contributed by atoms with Gasteiger partial charge in [0.15, 0.2) is 6.61 Å². The van der Waals surface area contributed by atoms with E-state index in [9.17, 15) is 9.59 Å². The van der Waals surface area contributed by atoms with Gasteiger partial charge in [-0.3, -0.25) is 4.84 Å². The van der Waals surface area contributed by atoms with Gasteiger partial charge in [0.25, 0.3) is 0 Å². The van der Waals surface area contributed by atoms with Crippen LogP contribution in [0.15, 0.2) is 0 Å². The molecule has 0 saturated carbocycles. The zero-order chi connectivity index (χ0) is 12.4. The third kappa shape index (κ3) is 10.7. The molecule has 0 aromatic carbocycles. The molecule has 0 aliphatic carbocycles. The summed E-state index contributed by atoms with van der Waals surface area (Å²) < 4.78 is 0. The van der Waals surface area contributed by atoms with Crippen molar-refractivity contribution < 1.29 is 19.5 Å². The highest BCUT2D eigenvalue weighted by atomic mass is 16.7. The number of carbonyl (C=O) groups excluding carboxylic acids is 1. The first kappa shape index (κ1) is 14.7. The first-order chi connectivity index (χ1) is 7.52. The van der Waals surface area contributed by atoms with Crippen LogP contribution in [-0.2, 0) is 9.63 Å². The predicted octanol–water partition coefficient (Wildman–Crippen LogP) is -0.356. The standard InChI is InChI=1S/C9H19N3O4/c1-12(2)6-4-3-5-10-9(15)11-16-7-8(13)14/h3-7H2,1-2H3,(H,13,14)(H2,10,11,15). The van der Waals surface area contributed by atoms with E-state index in [4.69, 9.17) is 5.11 Å². The van der Waals surface area contributed by atoms with Crippen molar-refractivity contribution >= 4 is 12.0 Å². The van der Waals surface area contributed by atoms with Gasteiger partial charge in [0.1, 0.15) is 0 Å². The molecule has 2 amide bonds. The summed E-state index contributed by atoms with van der Waals surface area (Å²) in [6, 6.07) is -0.522. The molecule has 3 N–H and O–H groups in total.